The van der Waals surface area contributed by atoms with E-state index >= 15 is 0 Å². The number of nitrogens with two attached hydrogens (primary N) is 1. The van der Waals surface area contributed by atoms with Crippen LogP contribution in [0.1, 0.15) is 12.0 Å². The molecule has 0 aliphatic carbocycles. The maximum Gasteiger partial charge on any atom is 0.221 e. The third-order valence-electron chi connectivity index (χ3n) is 2.13. The third-order valence-corrected chi connectivity index (χ3v) is 2.13. The number of hydrogen-bond donors (Lipinski definition) is 1. The lowest BCUT2D eigenvalue weighted by Crippen LogP contribution is -2.07. The molecule has 2 N–H and O–H groups in total. The molecule has 2 aromatic rings. The third kappa shape index (κ3) is 2.07. The van der Waals surface area contributed by atoms with Crippen LogP contribution >= 0.6 is 0 Å². The summed E-state index contributed by atoms with van der Waals surface area (Å²) in [6, 6.07) is 7.75. The number of fused-ring (bicyclic) bond motifs is 1. The van der Waals surface area contributed by atoms with Gasteiger partial charge in [-0.1, -0.05) is 30.4 Å². The normalized spacial score (nSPS) is 11.2. The molecule has 1 heterocycles. The lowest BCUT2D eigenvalue weighted by atomic mass is 10.1. The molecule has 0 atom stereocenters. The van der Waals surface area contributed by atoms with Crippen LogP contribution in [-0.4, -0.2) is 5.91 Å². The first-order chi connectivity index (χ1) is 7.27. The van der Waals surface area contributed by atoms with Crippen LogP contribution in [0.4, 0.5) is 0 Å². The molecule has 0 saturated heterocycles. The van der Waals surface area contributed by atoms with Gasteiger partial charge < -0.3 is 10.2 Å². The van der Waals surface area contributed by atoms with Crippen LogP contribution in [0.2, 0.25) is 0 Å². The van der Waals surface area contributed by atoms with Crippen LogP contribution in [0.3, 0.4) is 0 Å². The van der Waals surface area contributed by atoms with E-state index < -0.39 is 0 Å². The van der Waals surface area contributed by atoms with Gasteiger partial charge in [0.05, 0.1) is 6.26 Å². The first kappa shape index (κ1) is 9.52. The van der Waals surface area contributed by atoms with Crippen LogP contribution in [0.15, 0.2) is 41.0 Å². The summed E-state index contributed by atoms with van der Waals surface area (Å²) in [4.78, 5) is 10.5. The molecule has 15 heavy (non-hydrogen) atoms. The van der Waals surface area contributed by atoms with Gasteiger partial charge in [0.1, 0.15) is 5.58 Å². The average molecular weight is 201 g/mol. The van der Waals surface area contributed by atoms with Gasteiger partial charge in [-0.25, -0.2) is 0 Å². The summed E-state index contributed by atoms with van der Waals surface area (Å²) in [6.07, 6.45) is 5.50. The zero-order valence-electron chi connectivity index (χ0n) is 8.14. The molecular weight excluding hydrogens is 190 g/mol. The van der Waals surface area contributed by atoms with Crippen molar-refractivity contribution in [3.8, 4) is 0 Å². The van der Waals surface area contributed by atoms with Crippen LogP contribution in [0.5, 0.6) is 0 Å². The minimum atomic E-state index is -0.334. The summed E-state index contributed by atoms with van der Waals surface area (Å²) in [5, 5.41) is 1.04. The van der Waals surface area contributed by atoms with Crippen molar-refractivity contribution < 1.29 is 9.21 Å². The molecule has 1 aromatic heterocycles. The van der Waals surface area contributed by atoms with Crippen LogP contribution in [0, 0.1) is 0 Å². The predicted molar refractivity (Wildman–Crippen MR) is 59.1 cm³/mol. The highest BCUT2D eigenvalue weighted by atomic mass is 16.3. The molecule has 0 fully saturated rings. The SMILES string of the molecule is NC(=O)CC=Cc1coc2ccccc12. The fourth-order valence-electron chi connectivity index (χ4n) is 1.43. The predicted octanol–water partition coefficient (Wildman–Crippen LogP) is 2.32. The summed E-state index contributed by atoms with van der Waals surface area (Å²) in [6.45, 7) is 0. The van der Waals surface area contributed by atoms with Gasteiger partial charge in [0.15, 0.2) is 0 Å². The molecular formula is C12H11NO2. The fraction of sp³-hybridized carbons (Fsp3) is 0.0833. The number of rotatable bonds is 3. The largest absolute Gasteiger partial charge is 0.464 e. The van der Waals surface area contributed by atoms with Crippen molar-refractivity contribution in [2.75, 3.05) is 0 Å². The molecule has 0 aliphatic heterocycles. The molecule has 0 radical (unpaired) electrons. The van der Waals surface area contributed by atoms with Crippen LogP contribution in [0.25, 0.3) is 17.0 Å². The summed E-state index contributed by atoms with van der Waals surface area (Å²) in [7, 11) is 0. The van der Waals surface area contributed by atoms with Gasteiger partial charge in [-0.05, 0) is 6.07 Å². The Balaban J connectivity index is 2.28. The van der Waals surface area contributed by atoms with Gasteiger partial charge in [-0.3, -0.25) is 4.79 Å². The van der Waals surface area contributed by atoms with Gasteiger partial charge in [0, 0.05) is 17.4 Å². The molecule has 0 spiro atoms. The summed E-state index contributed by atoms with van der Waals surface area (Å²) in [5.74, 6) is -0.334. The van der Waals surface area contributed by atoms with Gasteiger partial charge >= 0.3 is 0 Å². The van der Waals surface area contributed by atoms with Gasteiger partial charge in [0.25, 0.3) is 0 Å². The molecule has 0 saturated carbocycles. The molecule has 3 nitrogen and oxygen atoms in total. The quantitative estimate of drug-likeness (QED) is 0.828. The van der Waals surface area contributed by atoms with E-state index in [1.807, 2.05) is 30.3 Å². The van der Waals surface area contributed by atoms with Crippen LogP contribution in [-0.2, 0) is 4.79 Å². The Bertz CT molecular complexity index is 511. The standard InChI is InChI=1S/C12H11NO2/c13-12(14)7-3-4-9-8-15-11-6-2-1-5-10(9)11/h1-6,8H,7H2,(H2,13,14). The van der Waals surface area contributed by atoms with E-state index in [-0.39, 0.29) is 12.3 Å². The smallest absolute Gasteiger partial charge is 0.221 e. The lowest BCUT2D eigenvalue weighted by molar-refractivity contribution is -0.117. The Kier molecular flexibility index (Phi) is 2.54. The van der Waals surface area contributed by atoms with Crippen molar-refractivity contribution in [1.82, 2.24) is 0 Å². The molecule has 0 aliphatic rings. The monoisotopic (exact) mass is 201 g/mol. The second kappa shape index (κ2) is 4.00. The Hall–Kier alpha value is -2.03. The Morgan fingerprint density at radius 2 is 2.20 bits per heavy atom. The minimum Gasteiger partial charge on any atom is -0.464 e. The maximum absolute atomic E-state index is 10.5. The number of carbonyl (C=O) groups is 1. The Morgan fingerprint density at radius 3 is 3.00 bits per heavy atom. The number of amides is 1. The Labute approximate surface area is 87.2 Å². The highest BCUT2D eigenvalue weighted by Crippen LogP contribution is 2.21. The first-order valence-corrected chi connectivity index (χ1v) is 4.68. The minimum absolute atomic E-state index is 0.250. The van der Waals surface area contributed by atoms with Crippen molar-refractivity contribution >= 4 is 23.0 Å². The van der Waals surface area contributed by atoms with E-state index in [0.29, 0.717) is 0 Å². The van der Waals surface area contributed by atoms with E-state index in [9.17, 15) is 4.79 Å². The van der Waals surface area contributed by atoms with Crippen LogP contribution < -0.4 is 5.73 Å². The van der Waals surface area contributed by atoms with Crippen molar-refractivity contribution in [1.29, 1.82) is 0 Å². The molecule has 1 amide bonds. The second-order valence-corrected chi connectivity index (χ2v) is 3.26. The number of hydrogen-bond acceptors (Lipinski definition) is 2. The summed E-state index contributed by atoms with van der Waals surface area (Å²) >= 11 is 0. The molecule has 1 aromatic carbocycles. The number of benzene rings is 1. The first-order valence-electron chi connectivity index (χ1n) is 4.68. The molecule has 0 bridgehead atoms. The number of furan rings is 1. The van der Waals surface area contributed by atoms with E-state index in [0.717, 1.165) is 16.5 Å². The van der Waals surface area contributed by atoms with Crippen molar-refractivity contribution in [2.45, 2.75) is 6.42 Å². The lowest BCUT2D eigenvalue weighted by Gasteiger charge is -1.88. The topological polar surface area (TPSA) is 56.2 Å². The van der Waals surface area contributed by atoms with Crippen molar-refractivity contribution in [3.63, 3.8) is 0 Å². The fourth-order valence-corrected chi connectivity index (χ4v) is 1.43. The molecule has 3 heteroatoms. The zero-order chi connectivity index (χ0) is 10.7. The molecule has 76 valence electrons. The number of primary amides is 1. The zero-order valence-corrected chi connectivity index (χ0v) is 8.14. The number of carbonyl (C=O) groups excluding carboxylic acids is 1. The molecule has 0 unspecified atom stereocenters. The maximum atomic E-state index is 10.5. The van der Waals surface area contributed by atoms with Gasteiger partial charge in [0.2, 0.25) is 5.91 Å². The second-order valence-electron chi connectivity index (χ2n) is 3.26. The van der Waals surface area contributed by atoms with E-state index in [2.05, 4.69) is 0 Å². The van der Waals surface area contributed by atoms with E-state index in [1.165, 1.54) is 0 Å². The Morgan fingerprint density at radius 1 is 1.40 bits per heavy atom. The van der Waals surface area contributed by atoms with Crippen molar-refractivity contribution in [2.24, 2.45) is 5.73 Å². The van der Waals surface area contributed by atoms with E-state index in [4.69, 9.17) is 10.2 Å². The summed E-state index contributed by atoms with van der Waals surface area (Å²) in [5.41, 5.74) is 6.84. The number of para-hydroxylation sites is 1. The van der Waals surface area contributed by atoms with Gasteiger partial charge in [-0.15, -0.1) is 0 Å². The average Bonchev–Trinajstić information content (AvgIpc) is 2.62. The highest BCUT2D eigenvalue weighted by Gasteiger charge is 2.00. The molecule has 2 rings (SSSR count). The van der Waals surface area contributed by atoms with Gasteiger partial charge in [-0.2, -0.15) is 0 Å². The van der Waals surface area contributed by atoms with Crippen molar-refractivity contribution in [3.05, 3.63) is 42.2 Å². The van der Waals surface area contributed by atoms with E-state index in [1.54, 1.807) is 12.3 Å². The summed E-state index contributed by atoms with van der Waals surface area (Å²) < 4.78 is 5.34. The highest BCUT2D eigenvalue weighted by molar-refractivity contribution is 5.87.